The highest BCUT2D eigenvalue weighted by Gasteiger charge is 2.30. The van der Waals surface area contributed by atoms with E-state index in [2.05, 4.69) is 32.4 Å². The van der Waals surface area contributed by atoms with Crippen molar-refractivity contribution in [2.45, 2.75) is 25.8 Å². The number of thiophene rings is 1. The van der Waals surface area contributed by atoms with Gasteiger partial charge in [-0.1, -0.05) is 0 Å². The molecule has 1 fully saturated rings. The molecule has 3 aromatic rings. The first-order chi connectivity index (χ1) is 11.7. The molecular formula is C17H17N5OS. The molecular weight excluding hydrogens is 322 g/mol. The zero-order valence-electron chi connectivity index (χ0n) is 13.3. The van der Waals surface area contributed by atoms with Crippen LogP contribution in [0.1, 0.15) is 40.4 Å². The minimum Gasteiger partial charge on any atom is -0.332 e. The molecule has 1 unspecified atom stereocenters. The normalized spacial score (nSPS) is 17.4. The van der Waals surface area contributed by atoms with Crippen molar-refractivity contribution in [3.8, 4) is 5.69 Å². The summed E-state index contributed by atoms with van der Waals surface area (Å²) < 4.78 is 1.60. The summed E-state index contributed by atoms with van der Waals surface area (Å²) in [5, 5.41) is 15.4. The van der Waals surface area contributed by atoms with E-state index in [1.54, 1.807) is 22.3 Å². The Morgan fingerprint density at radius 3 is 2.96 bits per heavy atom. The van der Waals surface area contributed by atoms with E-state index in [4.69, 9.17) is 0 Å². The number of hydrogen-bond acceptors (Lipinski definition) is 5. The predicted molar refractivity (Wildman–Crippen MR) is 91.2 cm³/mol. The molecule has 0 saturated carbocycles. The van der Waals surface area contributed by atoms with Crippen LogP contribution >= 0.6 is 11.3 Å². The Hall–Kier alpha value is -2.54. The number of amides is 1. The van der Waals surface area contributed by atoms with Crippen LogP contribution < -0.4 is 0 Å². The van der Waals surface area contributed by atoms with E-state index in [9.17, 15) is 4.79 Å². The smallest absolute Gasteiger partial charge is 0.254 e. The fourth-order valence-corrected chi connectivity index (χ4v) is 4.01. The van der Waals surface area contributed by atoms with Gasteiger partial charge in [-0.3, -0.25) is 4.79 Å². The molecule has 1 saturated heterocycles. The Labute approximate surface area is 143 Å². The van der Waals surface area contributed by atoms with Crippen molar-refractivity contribution in [2.75, 3.05) is 6.54 Å². The zero-order chi connectivity index (χ0) is 16.5. The predicted octanol–water partition coefficient (Wildman–Crippen LogP) is 3.01. The lowest BCUT2D eigenvalue weighted by Crippen LogP contribution is -2.30. The van der Waals surface area contributed by atoms with E-state index in [-0.39, 0.29) is 11.9 Å². The van der Waals surface area contributed by atoms with Gasteiger partial charge in [0.05, 0.1) is 11.7 Å². The quantitative estimate of drug-likeness (QED) is 0.736. The average molecular weight is 339 g/mol. The van der Waals surface area contributed by atoms with Crippen molar-refractivity contribution in [1.29, 1.82) is 0 Å². The second kappa shape index (κ2) is 6.16. The summed E-state index contributed by atoms with van der Waals surface area (Å²) in [7, 11) is 0. The minimum absolute atomic E-state index is 0.0927. The average Bonchev–Trinajstić information content (AvgIpc) is 3.34. The van der Waals surface area contributed by atoms with E-state index < -0.39 is 0 Å². The first kappa shape index (κ1) is 15.0. The Morgan fingerprint density at radius 2 is 2.25 bits per heavy atom. The van der Waals surface area contributed by atoms with Gasteiger partial charge in [-0.05, 0) is 76.3 Å². The van der Waals surface area contributed by atoms with Crippen molar-refractivity contribution in [3.05, 3.63) is 58.0 Å². The molecule has 0 radical (unpaired) electrons. The van der Waals surface area contributed by atoms with Gasteiger partial charge >= 0.3 is 0 Å². The maximum atomic E-state index is 13.0. The van der Waals surface area contributed by atoms with Crippen LogP contribution in [0.25, 0.3) is 5.69 Å². The molecule has 24 heavy (non-hydrogen) atoms. The number of nitrogens with zero attached hydrogens (tertiary/aromatic N) is 5. The summed E-state index contributed by atoms with van der Waals surface area (Å²) in [6, 6.07) is 7.99. The second-order valence-electron chi connectivity index (χ2n) is 5.97. The van der Waals surface area contributed by atoms with E-state index in [0.717, 1.165) is 30.6 Å². The van der Waals surface area contributed by atoms with Crippen LogP contribution in [-0.4, -0.2) is 37.6 Å². The third-order valence-electron chi connectivity index (χ3n) is 4.48. The number of tetrazole rings is 1. The standard InChI is InChI=1S/C17H17N5OS/c1-12-9-13(4-5-15(12)22-11-18-19-20-22)17(23)21-7-2-3-16(21)14-6-8-24-10-14/h4-6,8-11,16H,2-3,7H2,1H3. The number of benzene rings is 1. The fourth-order valence-electron chi connectivity index (χ4n) is 3.30. The Balaban J connectivity index is 1.61. The summed E-state index contributed by atoms with van der Waals surface area (Å²) in [6.45, 7) is 2.78. The summed E-state index contributed by atoms with van der Waals surface area (Å²) in [5.41, 5.74) is 3.81. The molecule has 0 spiro atoms. The van der Waals surface area contributed by atoms with Crippen molar-refractivity contribution in [2.24, 2.45) is 0 Å². The van der Waals surface area contributed by atoms with Crippen LogP contribution in [0.2, 0.25) is 0 Å². The van der Waals surface area contributed by atoms with Crippen LogP contribution in [0.4, 0.5) is 0 Å². The lowest BCUT2D eigenvalue weighted by atomic mass is 10.1. The van der Waals surface area contributed by atoms with Gasteiger partial charge in [0.15, 0.2) is 0 Å². The van der Waals surface area contributed by atoms with Crippen molar-refractivity contribution < 1.29 is 4.79 Å². The van der Waals surface area contributed by atoms with E-state index in [1.807, 2.05) is 30.0 Å². The molecule has 3 heterocycles. The molecule has 1 atom stereocenters. The maximum absolute atomic E-state index is 13.0. The topological polar surface area (TPSA) is 63.9 Å². The van der Waals surface area contributed by atoms with Crippen LogP contribution in [0, 0.1) is 6.92 Å². The highest BCUT2D eigenvalue weighted by Crippen LogP contribution is 2.34. The lowest BCUT2D eigenvalue weighted by Gasteiger charge is -2.24. The molecule has 0 N–H and O–H groups in total. The van der Waals surface area contributed by atoms with Crippen molar-refractivity contribution in [1.82, 2.24) is 25.1 Å². The van der Waals surface area contributed by atoms with Gasteiger partial charge in [0.1, 0.15) is 6.33 Å². The fraction of sp³-hybridized carbons (Fsp3) is 0.294. The number of hydrogen-bond donors (Lipinski definition) is 0. The van der Waals surface area contributed by atoms with Crippen LogP contribution in [0.15, 0.2) is 41.4 Å². The number of rotatable bonds is 3. The molecule has 0 bridgehead atoms. The zero-order valence-corrected chi connectivity index (χ0v) is 14.1. The lowest BCUT2D eigenvalue weighted by molar-refractivity contribution is 0.0736. The monoisotopic (exact) mass is 339 g/mol. The summed E-state index contributed by atoms with van der Waals surface area (Å²) in [5.74, 6) is 0.0927. The van der Waals surface area contributed by atoms with Crippen LogP contribution in [0.5, 0.6) is 0 Å². The molecule has 1 aliphatic rings. The number of aryl methyl sites for hydroxylation is 1. The van der Waals surface area contributed by atoms with E-state index >= 15 is 0 Å². The largest absolute Gasteiger partial charge is 0.332 e. The van der Waals surface area contributed by atoms with Gasteiger partial charge < -0.3 is 4.90 Å². The maximum Gasteiger partial charge on any atom is 0.254 e. The molecule has 2 aromatic heterocycles. The van der Waals surface area contributed by atoms with Crippen LogP contribution in [-0.2, 0) is 0 Å². The molecule has 1 aromatic carbocycles. The van der Waals surface area contributed by atoms with Crippen LogP contribution in [0.3, 0.4) is 0 Å². The molecule has 0 aliphatic carbocycles. The van der Waals surface area contributed by atoms with Gasteiger partial charge in [-0.2, -0.15) is 11.3 Å². The van der Waals surface area contributed by atoms with Crippen molar-refractivity contribution in [3.63, 3.8) is 0 Å². The van der Waals surface area contributed by atoms with Gasteiger partial charge in [-0.15, -0.1) is 5.10 Å². The number of carbonyl (C=O) groups excluding carboxylic acids is 1. The number of carbonyl (C=O) groups is 1. The molecule has 1 amide bonds. The Kier molecular flexibility index (Phi) is 3.86. The van der Waals surface area contributed by atoms with Gasteiger partial charge in [0, 0.05) is 12.1 Å². The van der Waals surface area contributed by atoms with Gasteiger partial charge in [0.25, 0.3) is 5.91 Å². The first-order valence-electron chi connectivity index (χ1n) is 7.91. The summed E-state index contributed by atoms with van der Waals surface area (Å²) in [6.07, 6.45) is 3.63. The third-order valence-corrected chi connectivity index (χ3v) is 5.18. The number of likely N-dealkylation sites (tertiary alicyclic amines) is 1. The number of aromatic nitrogens is 4. The highest BCUT2D eigenvalue weighted by molar-refractivity contribution is 7.08. The van der Waals surface area contributed by atoms with Gasteiger partial charge in [0.2, 0.25) is 0 Å². The first-order valence-corrected chi connectivity index (χ1v) is 8.85. The van der Waals surface area contributed by atoms with E-state index in [1.165, 1.54) is 5.56 Å². The third kappa shape index (κ3) is 2.60. The summed E-state index contributed by atoms with van der Waals surface area (Å²) >= 11 is 1.68. The molecule has 1 aliphatic heterocycles. The molecule has 122 valence electrons. The Bertz CT molecular complexity index is 844. The highest BCUT2D eigenvalue weighted by atomic mass is 32.1. The SMILES string of the molecule is Cc1cc(C(=O)N2CCCC2c2ccsc2)ccc1-n1cnnn1. The Morgan fingerprint density at radius 1 is 1.33 bits per heavy atom. The molecule has 4 rings (SSSR count). The van der Waals surface area contributed by atoms with Crippen molar-refractivity contribution >= 4 is 17.2 Å². The molecule has 6 nitrogen and oxygen atoms in total. The summed E-state index contributed by atoms with van der Waals surface area (Å²) in [4.78, 5) is 15.0. The van der Waals surface area contributed by atoms with Gasteiger partial charge in [-0.25, -0.2) is 4.68 Å². The minimum atomic E-state index is 0.0927. The van der Waals surface area contributed by atoms with E-state index in [0.29, 0.717) is 5.56 Å². The second-order valence-corrected chi connectivity index (χ2v) is 6.75. The molecule has 7 heteroatoms.